The minimum atomic E-state index is -4.74. The van der Waals surface area contributed by atoms with Crippen LogP contribution in [0.3, 0.4) is 0 Å². The van der Waals surface area contributed by atoms with Gasteiger partial charge in [0.05, 0.1) is 21.2 Å². The number of aromatic nitrogens is 3. The Labute approximate surface area is 190 Å². The van der Waals surface area contributed by atoms with Crippen molar-refractivity contribution in [2.75, 3.05) is 4.72 Å². The number of aromatic amines is 1. The van der Waals surface area contributed by atoms with Crippen molar-refractivity contribution >= 4 is 44.1 Å². The van der Waals surface area contributed by atoms with E-state index in [2.05, 4.69) is 19.7 Å². The number of carbonyl (C=O) groups is 1. The molecule has 7 nitrogen and oxygen atoms in total. The summed E-state index contributed by atoms with van der Waals surface area (Å²) in [5.74, 6) is -0.628. The molecular formula is C21H14ClF3N4O3S. The molecule has 33 heavy (non-hydrogen) atoms. The van der Waals surface area contributed by atoms with Gasteiger partial charge in [-0.3, -0.25) is 9.52 Å². The summed E-state index contributed by atoms with van der Waals surface area (Å²) >= 11 is 5.95. The molecule has 2 N–H and O–H groups in total. The minimum Gasteiger partial charge on any atom is -0.346 e. The Kier molecular flexibility index (Phi) is 5.62. The molecule has 0 radical (unpaired) electrons. The van der Waals surface area contributed by atoms with Crippen LogP contribution in [0.15, 0.2) is 59.9 Å². The van der Waals surface area contributed by atoms with Crippen molar-refractivity contribution in [1.29, 1.82) is 0 Å². The van der Waals surface area contributed by atoms with Crippen LogP contribution < -0.4 is 4.72 Å². The van der Waals surface area contributed by atoms with Crippen LogP contribution in [0.1, 0.15) is 27.2 Å². The molecule has 0 unspecified atom stereocenters. The average Bonchev–Trinajstić information content (AvgIpc) is 3.21. The van der Waals surface area contributed by atoms with Gasteiger partial charge in [-0.05, 0) is 42.8 Å². The first-order valence-corrected chi connectivity index (χ1v) is 11.2. The van der Waals surface area contributed by atoms with Crippen LogP contribution in [-0.4, -0.2) is 29.2 Å². The molecule has 0 aliphatic heterocycles. The number of nitrogens with one attached hydrogen (secondary N) is 2. The molecule has 3 heterocycles. The van der Waals surface area contributed by atoms with Crippen molar-refractivity contribution in [2.45, 2.75) is 18.0 Å². The predicted octanol–water partition coefficient (Wildman–Crippen LogP) is 4.97. The average molecular weight is 495 g/mol. The Morgan fingerprint density at radius 2 is 1.88 bits per heavy atom. The van der Waals surface area contributed by atoms with Gasteiger partial charge >= 0.3 is 6.18 Å². The number of carbonyl (C=O) groups excluding carboxylic acids is 1. The molecule has 0 saturated heterocycles. The fourth-order valence-corrected chi connectivity index (χ4v) is 4.50. The number of fused-ring (bicyclic) bond motifs is 1. The molecule has 4 aromatic rings. The summed E-state index contributed by atoms with van der Waals surface area (Å²) in [5, 5.41) is 0.507. The van der Waals surface area contributed by atoms with Gasteiger partial charge in [-0.25, -0.2) is 18.4 Å². The molecule has 0 bridgehead atoms. The van der Waals surface area contributed by atoms with E-state index in [1.165, 1.54) is 19.2 Å². The molecule has 0 saturated carbocycles. The first-order valence-electron chi connectivity index (χ1n) is 9.30. The molecule has 170 valence electrons. The summed E-state index contributed by atoms with van der Waals surface area (Å²) in [7, 11) is -4.52. The number of pyridine rings is 2. The van der Waals surface area contributed by atoms with Gasteiger partial charge in [0.2, 0.25) is 5.78 Å². The lowest BCUT2D eigenvalue weighted by Crippen LogP contribution is -2.18. The third-order valence-electron chi connectivity index (χ3n) is 4.84. The standard InChI is InChI=1S/C21H14ClF3N4O3S/c1-11-2-3-13(9-16(11)21(23,24)25)33(31,32)29-17-8-12(22)10-28-18(17)19(30)14-4-6-26-20-15(14)5-7-27-20/h2-10,29H,1H3,(H,26,27). The van der Waals surface area contributed by atoms with Crippen molar-refractivity contribution in [3.63, 3.8) is 0 Å². The number of hydrogen-bond acceptors (Lipinski definition) is 5. The lowest BCUT2D eigenvalue weighted by Gasteiger charge is -2.15. The second-order valence-corrected chi connectivity index (χ2v) is 9.18. The van der Waals surface area contributed by atoms with E-state index in [0.29, 0.717) is 17.1 Å². The van der Waals surface area contributed by atoms with E-state index in [1.54, 1.807) is 12.3 Å². The third-order valence-corrected chi connectivity index (χ3v) is 6.41. The van der Waals surface area contributed by atoms with E-state index in [9.17, 15) is 26.4 Å². The fraction of sp³-hybridized carbons (Fsp3) is 0.0952. The predicted molar refractivity (Wildman–Crippen MR) is 116 cm³/mol. The first kappa shape index (κ1) is 22.7. The van der Waals surface area contributed by atoms with E-state index < -0.39 is 32.4 Å². The van der Waals surface area contributed by atoms with Gasteiger partial charge < -0.3 is 4.98 Å². The quantitative estimate of drug-likeness (QED) is 0.381. The highest BCUT2D eigenvalue weighted by molar-refractivity contribution is 7.92. The molecule has 0 aliphatic rings. The van der Waals surface area contributed by atoms with Crippen LogP contribution in [0.25, 0.3) is 11.0 Å². The fourth-order valence-electron chi connectivity index (χ4n) is 3.26. The molecular weight excluding hydrogens is 481 g/mol. The smallest absolute Gasteiger partial charge is 0.346 e. The van der Waals surface area contributed by atoms with Crippen molar-refractivity contribution in [1.82, 2.24) is 15.0 Å². The number of ketones is 1. The Balaban J connectivity index is 1.78. The Morgan fingerprint density at radius 1 is 1.12 bits per heavy atom. The molecule has 0 aliphatic carbocycles. The van der Waals surface area contributed by atoms with Crippen LogP contribution in [0.2, 0.25) is 5.02 Å². The topological polar surface area (TPSA) is 105 Å². The van der Waals surface area contributed by atoms with Crippen LogP contribution in [0, 0.1) is 6.92 Å². The zero-order chi connectivity index (χ0) is 24.0. The van der Waals surface area contributed by atoms with Gasteiger partial charge in [-0.1, -0.05) is 17.7 Å². The molecule has 1 aromatic carbocycles. The number of aryl methyl sites for hydroxylation is 1. The van der Waals surface area contributed by atoms with Crippen molar-refractivity contribution in [3.05, 3.63) is 82.4 Å². The maximum absolute atomic E-state index is 13.3. The second-order valence-electron chi connectivity index (χ2n) is 7.06. The lowest BCUT2D eigenvalue weighted by molar-refractivity contribution is -0.138. The van der Waals surface area contributed by atoms with Crippen LogP contribution in [0.5, 0.6) is 0 Å². The maximum atomic E-state index is 13.3. The summed E-state index contributed by atoms with van der Waals surface area (Å²) in [4.78, 5) is 23.5. The van der Waals surface area contributed by atoms with Gasteiger partial charge in [0.25, 0.3) is 10.0 Å². The number of sulfonamides is 1. The van der Waals surface area contributed by atoms with E-state index >= 15 is 0 Å². The van der Waals surface area contributed by atoms with Crippen molar-refractivity contribution in [3.8, 4) is 0 Å². The summed E-state index contributed by atoms with van der Waals surface area (Å²) < 4.78 is 67.7. The largest absolute Gasteiger partial charge is 0.416 e. The number of H-pyrrole nitrogens is 1. The van der Waals surface area contributed by atoms with Crippen molar-refractivity contribution in [2.24, 2.45) is 0 Å². The van der Waals surface area contributed by atoms with Crippen LogP contribution in [0.4, 0.5) is 18.9 Å². The molecule has 4 rings (SSSR count). The number of hydrogen-bond donors (Lipinski definition) is 2. The second kappa shape index (κ2) is 8.16. The molecule has 3 aromatic heterocycles. The summed E-state index contributed by atoms with van der Waals surface area (Å²) in [6.45, 7) is 1.22. The Morgan fingerprint density at radius 3 is 2.61 bits per heavy atom. The van der Waals surface area contributed by atoms with Gasteiger partial charge in [-0.2, -0.15) is 13.2 Å². The minimum absolute atomic E-state index is 0.0191. The highest BCUT2D eigenvalue weighted by Crippen LogP contribution is 2.34. The van der Waals surface area contributed by atoms with Gasteiger partial charge in [0.15, 0.2) is 0 Å². The zero-order valence-corrected chi connectivity index (χ0v) is 18.3. The van der Waals surface area contributed by atoms with Crippen LogP contribution in [-0.2, 0) is 16.2 Å². The van der Waals surface area contributed by atoms with E-state index in [4.69, 9.17) is 11.6 Å². The zero-order valence-electron chi connectivity index (χ0n) is 16.7. The van der Waals surface area contributed by atoms with E-state index in [0.717, 1.165) is 24.4 Å². The lowest BCUT2D eigenvalue weighted by atomic mass is 10.0. The molecule has 0 amide bonds. The number of halogens is 4. The maximum Gasteiger partial charge on any atom is 0.416 e. The Hall–Kier alpha value is -3.44. The summed E-state index contributed by atoms with van der Waals surface area (Å²) in [6, 6.07) is 6.86. The third kappa shape index (κ3) is 4.41. The van der Waals surface area contributed by atoms with Crippen molar-refractivity contribution < 1.29 is 26.4 Å². The number of rotatable bonds is 5. The molecule has 0 atom stereocenters. The first-order chi connectivity index (χ1) is 15.5. The number of alkyl halides is 3. The van der Waals surface area contributed by atoms with Crippen LogP contribution >= 0.6 is 11.6 Å². The molecule has 0 fully saturated rings. The highest BCUT2D eigenvalue weighted by atomic mass is 35.5. The van der Waals surface area contributed by atoms with Gasteiger partial charge in [-0.15, -0.1) is 0 Å². The normalized spacial score (nSPS) is 12.2. The molecule has 12 heteroatoms. The number of nitrogens with zero attached hydrogens (tertiary/aromatic N) is 2. The number of anilines is 1. The van der Waals surface area contributed by atoms with Gasteiger partial charge in [0, 0.05) is 29.5 Å². The van der Waals surface area contributed by atoms with Gasteiger partial charge in [0.1, 0.15) is 11.3 Å². The summed E-state index contributed by atoms with van der Waals surface area (Å²) in [5.41, 5.74) is -1.13. The monoisotopic (exact) mass is 494 g/mol. The number of benzene rings is 1. The Bertz CT molecular complexity index is 1500. The SMILES string of the molecule is Cc1ccc(S(=O)(=O)Nc2cc(Cl)cnc2C(=O)c2ccnc3[nH]ccc23)cc1C(F)(F)F. The molecule has 0 spiro atoms. The van der Waals surface area contributed by atoms with E-state index in [1.807, 2.05) is 0 Å². The highest BCUT2D eigenvalue weighted by Gasteiger charge is 2.34. The summed E-state index contributed by atoms with van der Waals surface area (Å²) in [6.07, 6.45) is -0.590. The van der Waals surface area contributed by atoms with E-state index in [-0.39, 0.29) is 27.5 Å².